The topological polar surface area (TPSA) is 60.2 Å². The number of nitrogens with two attached hydrogens (primary N) is 1. The number of pyridine rings is 1. The highest BCUT2D eigenvalue weighted by Gasteiger charge is 2.16. The second kappa shape index (κ2) is 6.39. The van der Waals surface area contributed by atoms with Gasteiger partial charge in [-0.1, -0.05) is 12.1 Å². The van der Waals surface area contributed by atoms with Crippen molar-refractivity contribution in [2.75, 3.05) is 19.4 Å². The molecule has 1 atom stereocenters. The van der Waals surface area contributed by atoms with E-state index in [1.807, 2.05) is 39.1 Å². The fourth-order valence-electron chi connectivity index (χ4n) is 2.29. The first-order valence-electron chi connectivity index (χ1n) is 6.77. The number of hydrogen-bond acceptors (Lipinski definition) is 4. The number of aromatic nitrogens is 1. The molecular weight excluding hydrogens is 250 g/mol. The summed E-state index contributed by atoms with van der Waals surface area (Å²) in [5, 5.41) is 3.30. The van der Waals surface area contributed by atoms with Gasteiger partial charge >= 0.3 is 0 Å². The molecule has 1 aromatic heterocycles. The second-order valence-corrected chi connectivity index (χ2v) is 4.71. The SMILES string of the molecule is CCOc1cccc(C(NC)c2cc(C)cnc2N)c1. The molecule has 106 valence electrons. The van der Waals surface area contributed by atoms with Crippen LogP contribution in [-0.2, 0) is 0 Å². The number of anilines is 1. The summed E-state index contributed by atoms with van der Waals surface area (Å²) in [6.45, 7) is 4.64. The molecule has 1 unspecified atom stereocenters. The van der Waals surface area contributed by atoms with Crippen molar-refractivity contribution in [1.82, 2.24) is 10.3 Å². The van der Waals surface area contributed by atoms with E-state index in [0.717, 1.165) is 22.4 Å². The van der Waals surface area contributed by atoms with E-state index in [0.29, 0.717) is 12.4 Å². The van der Waals surface area contributed by atoms with Crippen molar-refractivity contribution < 1.29 is 4.74 Å². The summed E-state index contributed by atoms with van der Waals surface area (Å²) in [6, 6.07) is 10.1. The molecule has 0 aliphatic rings. The van der Waals surface area contributed by atoms with Crippen molar-refractivity contribution in [2.24, 2.45) is 0 Å². The van der Waals surface area contributed by atoms with E-state index >= 15 is 0 Å². The highest BCUT2D eigenvalue weighted by atomic mass is 16.5. The standard InChI is InChI=1S/C16H21N3O/c1-4-20-13-7-5-6-12(9-13)15(18-3)14-8-11(2)10-19-16(14)17/h5-10,15,18H,4H2,1-3H3,(H2,17,19). The van der Waals surface area contributed by atoms with E-state index in [4.69, 9.17) is 10.5 Å². The predicted octanol–water partition coefficient (Wildman–Crippen LogP) is 2.68. The average molecular weight is 271 g/mol. The van der Waals surface area contributed by atoms with E-state index in [-0.39, 0.29) is 6.04 Å². The van der Waals surface area contributed by atoms with Crippen LogP contribution < -0.4 is 15.8 Å². The molecule has 2 rings (SSSR count). The van der Waals surface area contributed by atoms with E-state index in [2.05, 4.69) is 22.4 Å². The van der Waals surface area contributed by atoms with Crippen molar-refractivity contribution in [3.8, 4) is 5.75 Å². The van der Waals surface area contributed by atoms with Gasteiger partial charge in [-0.25, -0.2) is 4.98 Å². The minimum Gasteiger partial charge on any atom is -0.494 e. The van der Waals surface area contributed by atoms with E-state index in [1.165, 1.54) is 0 Å². The van der Waals surface area contributed by atoms with E-state index < -0.39 is 0 Å². The first kappa shape index (κ1) is 14.3. The molecule has 0 fully saturated rings. The van der Waals surface area contributed by atoms with Crippen molar-refractivity contribution >= 4 is 5.82 Å². The molecule has 0 spiro atoms. The molecule has 0 aliphatic carbocycles. The first-order chi connectivity index (χ1) is 9.65. The molecule has 0 radical (unpaired) electrons. The minimum absolute atomic E-state index is 0.00260. The van der Waals surface area contributed by atoms with Crippen LogP contribution in [0.3, 0.4) is 0 Å². The van der Waals surface area contributed by atoms with Crippen LogP contribution in [0, 0.1) is 6.92 Å². The van der Waals surface area contributed by atoms with Crippen LogP contribution in [0.25, 0.3) is 0 Å². The molecule has 0 saturated carbocycles. The number of aryl methyl sites for hydroxylation is 1. The van der Waals surface area contributed by atoms with E-state index in [1.54, 1.807) is 6.20 Å². The zero-order valence-electron chi connectivity index (χ0n) is 12.2. The highest BCUT2D eigenvalue weighted by Crippen LogP contribution is 2.28. The number of ether oxygens (including phenoxy) is 1. The van der Waals surface area contributed by atoms with Crippen LogP contribution in [0.4, 0.5) is 5.82 Å². The van der Waals surface area contributed by atoms with Crippen LogP contribution in [0.1, 0.15) is 29.7 Å². The van der Waals surface area contributed by atoms with Crippen LogP contribution in [-0.4, -0.2) is 18.6 Å². The number of rotatable bonds is 5. The number of benzene rings is 1. The van der Waals surface area contributed by atoms with Gasteiger partial charge in [0.1, 0.15) is 11.6 Å². The lowest BCUT2D eigenvalue weighted by Crippen LogP contribution is -2.19. The lowest BCUT2D eigenvalue weighted by Gasteiger charge is -2.19. The Morgan fingerprint density at radius 2 is 2.15 bits per heavy atom. The summed E-state index contributed by atoms with van der Waals surface area (Å²) in [7, 11) is 1.92. The fraction of sp³-hybridized carbons (Fsp3) is 0.312. The van der Waals surface area contributed by atoms with Gasteiger partial charge in [0.25, 0.3) is 0 Å². The van der Waals surface area contributed by atoms with Gasteiger partial charge in [0.05, 0.1) is 12.6 Å². The Morgan fingerprint density at radius 3 is 2.85 bits per heavy atom. The van der Waals surface area contributed by atoms with Gasteiger partial charge in [-0.05, 0) is 50.2 Å². The number of nitrogens with one attached hydrogen (secondary N) is 1. The minimum atomic E-state index is 0.00260. The average Bonchev–Trinajstić information content (AvgIpc) is 2.44. The zero-order chi connectivity index (χ0) is 14.5. The second-order valence-electron chi connectivity index (χ2n) is 4.71. The van der Waals surface area contributed by atoms with Crippen molar-refractivity contribution in [2.45, 2.75) is 19.9 Å². The molecule has 0 amide bonds. The molecule has 20 heavy (non-hydrogen) atoms. The summed E-state index contributed by atoms with van der Waals surface area (Å²) in [4.78, 5) is 4.24. The zero-order valence-corrected chi connectivity index (χ0v) is 12.2. The first-order valence-corrected chi connectivity index (χ1v) is 6.77. The van der Waals surface area contributed by atoms with E-state index in [9.17, 15) is 0 Å². The summed E-state index contributed by atoms with van der Waals surface area (Å²) >= 11 is 0. The third-order valence-corrected chi connectivity index (χ3v) is 3.19. The molecule has 3 N–H and O–H groups in total. The lowest BCUT2D eigenvalue weighted by atomic mass is 9.98. The molecule has 4 heteroatoms. The molecule has 2 aromatic rings. The Morgan fingerprint density at radius 1 is 1.35 bits per heavy atom. The third kappa shape index (κ3) is 3.08. The van der Waals surface area contributed by atoms with Crippen LogP contribution in [0.5, 0.6) is 5.75 Å². The summed E-state index contributed by atoms with van der Waals surface area (Å²) < 4.78 is 5.56. The van der Waals surface area contributed by atoms with Crippen molar-refractivity contribution in [3.05, 3.63) is 53.2 Å². The quantitative estimate of drug-likeness (QED) is 0.877. The smallest absolute Gasteiger partial charge is 0.128 e. The molecule has 4 nitrogen and oxygen atoms in total. The number of hydrogen-bond donors (Lipinski definition) is 2. The van der Waals surface area contributed by atoms with Gasteiger partial charge in [0.15, 0.2) is 0 Å². The Bertz CT molecular complexity index is 584. The predicted molar refractivity (Wildman–Crippen MR) is 81.9 cm³/mol. The Hall–Kier alpha value is -2.07. The maximum atomic E-state index is 6.02. The number of nitrogens with zero attached hydrogens (tertiary/aromatic N) is 1. The van der Waals surface area contributed by atoms with Crippen LogP contribution in [0.15, 0.2) is 36.5 Å². The highest BCUT2D eigenvalue weighted by molar-refractivity contribution is 5.48. The largest absolute Gasteiger partial charge is 0.494 e. The monoisotopic (exact) mass is 271 g/mol. The van der Waals surface area contributed by atoms with Gasteiger partial charge in [-0.2, -0.15) is 0 Å². The summed E-state index contributed by atoms with van der Waals surface area (Å²) in [5.74, 6) is 1.42. The maximum absolute atomic E-state index is 6.02. The van der Waals surface area contributed by atoms with Gasteiger partial charge in [0.2, 0.25) is 0 Å². The maximum Gasteiger partial charge on any atom is 0.128 e. The third-order valence-electron chi connectivity index (χ3n) is 3.19. The molecule has 0 bridgehead atoms. The summed E-state index contributed by atoms with van der Waals surface area (Å²) in [6.07, 6.45) is 1.78. The molecular formula is C16H21N3O. The molecule has 0 saturated heterocycles. The normalized spacial score (nSPS) is 12.2. The Labute approximate surface area is 120 Å². The number of nitrogen functional groups attached to an aromatic ring is 1. The Balaban J connectivity index is 2.41. The van der Waals surface area contributed by atoms with Crippen LogP contribution in [0.2, 0.25) is 0 Å². The molecule has 0 aliphatic heterocycles. The Kier molecular flexibility index (Phi) is 4.58. The molecule has 1 heterocycles. The van der Waals surface area contributed by atoms with Crippen LogP contribution >= 0.6 is 0 Å². The lowest BCUT2D eigenvalue weighted by molar-refractivity contribution is 0.339. The van der Waals surface area contributed by atoms with Crippen molar-refractivity contribution in [3.63, 3.8) is 0 Å². The van der Waals surface area contributed by atoms with Gasteiger partial charge < -0.3 is 15.8 Å². The summed E-state index contributed by atoms with van der Waals surface area (Å²) in [5.41, 5.74) is 9.21. The van der Waals surface area contributed by atoms with Gasteiger partial charge in [-0.3, -0.25) is 0 Å². The fourth-order valence-corrected chi connectivity index (χ4v) is 2.29. The van der Waals surface area contributed by atoms with Crippen molar-refractivity contribution in [1.29, 1.82) is 0 Å². The van der Waals surface area contributed by atoms with Gasteiger partial charge in [0, 0.05) is 11.8 Å². The molecule has 1 aromatic carbocycles. The van der Waals surface area contributed by atoms with Gasteiger partial charge in [-0.15, -0.1) is 0 Å².